The molecule has 1 aromatic heterocycles. The number of hydrogen-bond donors (Lipinski definition) is 3. The Kier molecular flexibility index (Phi) is 4.42. The molecule has 3 aromatic rings. The zero-order valence-electron chi connectivity index (χ0n) is 12.5. The lowest BCUT2D eigenvalue weighted by atomic mass is 10.1. The highest BCUT2D eigenvalue weighted by molar-refractivity contribution is 5.75. The predicted molar refractivity (Wildman–Crippen MR) is 87.3 cm³/mol. The van der Waals surface area contributed by atoms with Crippen molar-refractivity contribution >= 4 is 17.1 Å². The number of hydrogen-bond acceptors (Lipinski definition) is 3. The molecule has 0 bridgehead atoms. The van der Waals surface area contributed by atoms with Gasteiger partial charge < -0.3 is 20.0 Å². The van der Waals surface area contributed by atoms with Crippen LogP contribution in [0.3, 0.4) is 0 Å². The number of aromatic nitrogens is 2. The van der Waals surface area contributed by atoms with Crippen molar-refractivity contribution < 1.29 is 9.53 Å². The molecule has 0 atom stereocenters. The van der Waals surface area contributed by atoms with Crippen LogP contribution in [-0.4, -0.2) is 22.6 Å². The summed E-state index contributed by atoms with van der Waals surface area (Å²) in [5, 5.41) is 2.71. The van der Waals surface area contributed by atoms with Gasteiger partial charge in [-0.1, -0.05) is 36.4 Å². The van der Waals surface area contributed by atoms with E-state index in [0.717, 1.165) is 22.2 Å². The molecule has 0 saturated carbocycles. The first kappa shape index (κ1) is 14.9. The number of benzene rings is 2. The number of nitrogens with one attached hydrogen (secondary N) is 3. The van der Waals surface area contributed by atoms with Gasteiger partial charge in [-0.25, -0.2) is 9.59 Å². The van der Waals surface area contributed by atoms with E-state index in [9.17, 15) is 9.59 Å². The molecule has 0 aliphatic carbocycles. The summed E-state index contributed by atoms with van der Waals surface area (Å²) in [7, 11) is 0. The Morgan fingerprint density at radius 3 is 2.61 bits per heavy atom. The molecule has 23 heavy (non-hydrogen) atoms. The highest BCUT2D eigenvalue weighted by Crippen LogP contribution is 2.10. The topological polar surface area (TPSA) is 87.0 Å². The highest BCUT2D eigenvalue weighted by atomic mass is 16.5. The lowest BCUT2D eigenvalue weighted by molar-refractivity contribution is 0.140. The molecule has 0 saturated heterocycles. The van der Waals surface area contributed by atoms with Gasteiger partial charge in [0.2, 0.25) is 0 Å². The molecule has 2 aromatic carbocycles. The van der Waals surface area contributed by atoms with Crippen LogP contribution < -0.4 is 11.0 Å². The van der Waals surface area contributed by atoms with E-state index in [1.807, 2.05) is 48.5 Å². The minimum absolute atomic E-state index is 0.222. The second-order valence-corrected chi connectivity index (χ2v) is 5.20. The van der Waals surface area contributed by atoms with Crippen LogP contribution in [0.2, 0.25) is 0 Å². The van der Waals surface area contributed by atoms with Crippen molar-refractivity contribution in [1.29, 1.82) is 0 Å². The van der Waals surface area contributed by atoms with Crippen LogP contribution in [0.1, 0.15) is 11.1 Å². The standard InChI is InChI=1S/C17H17N3O3/c21-16-19-14-7-6-12(10-15(14)20-16)8-9-18-17(22)23-11-13-4-2-1-3-5-13/h1-7,10H,8-9,11H2,(H,18,22)(H2,19,20,21). The largest absolute Gasteiger partial charge is 0.445 e. The van der Waals surface area contributed by atoms with Crippen LogP contribution in [0.4, 0.5) is 4.79 Å². The molecule has 3 rings (SSSR count). The van der Waals surface area contributed by atoms with E-state index in [0.29, 0.717) is 13.0 Å². The minimum atomic E-state index is -0.440. The number of carbonyl (C=O) groups is 1. The summed E-state index contributed by atoms with van der Waals surface area (Å²) in [6.07, 6.45) is 0.217. The van der Waals surface area contributed by atoms with Crippen LogP contribution in [0.25, 0.3) is 11.0 Å². The van der Waals surface area contributed by atoms with E-state index in [4.69, 9.17) is 4.74 Å². The molecule has 118 valence electrons. The lowest BCUT2D eigenvalue weighted by Crippen LogP contribution is -2.26. The van der Waals surface area contributed by atoms with Crippen molar-refractivity contribution in [3.05, 3.63) is 70.1 Å². The number of amides is 1. The third kappa shape index (κ3) is 4.00. The average molecular weight is 311 g/mol. The number of H-pyrrole nitrogens is 2. The molecule has 0 aliphatic heterocycles. The van der Waals surface area contributed by atoms with Crippen molar-refractivity contribution in [2.45, 2.75) is 13.0 Å². The summed E-state index contributed by atoms with van der Waals surface area (Å²) in [4.78, 5) is 28.2. The number of alkyl carbamates (subject to hydrolysis) is 1. The van der Waals surface area contributed by atoms with Gasteiger partial charge in [-0.2, -0.15) is 0 Å². The van der Waals surface area contributed by atoms with Gasteiger partial charge in [0.1, 0.15) is 6.61 Å². The molecule has 6 nitrogen and oxygen atoms in total. The van der Waals surface area contributed by atoms with Gasteiger partial charge in [0.05, 0.1) is 11.0 Å². The third-order valence-electron chi connectivity index (χ3n) is 3.48. The van der Waals surface area contributed by atoms with Crippen molar-refractivity contribution in [3.63, 3.8) is 0 Å². The maximum Gasteiger partial charge on any atom is 0.407 e. The van der Waals surface area contributed by atoms with Gasteiger partial charge in [0, 0.05) is 6.54 Å². The maximum atomic E-state index is 11.6. The lowest BCUT2D eigenvalue weighted by Gasteiger charge is -2.07. The predicted octanol–water partition coefficient (Wildman–Crippen LogP) is 2.33. The van der Waals surface area contributed by atoms with Crippen molar-refractivity contribution in [2.75, 3.05) is 6.54 Å². The van der Waals surface area contributed by atoms with Gasteiger partial charge in [0.15, 0.2) is 0 Å². The fourth-order valence-corrected chi connectivity index (χ4v) is 2.32. The fraction of sp³-hybridized carbons (Fsp3) is 0.176. The maximum absolute atomic E-state index is 11.6. The Labute approximate surface area is 132 Å². The molecule has 1 amide bonds. The van der Waals surface area contributed by atoms with Gasteiger partial charge in [-0.3, -0.25) is 0 Å². The molecule has 0 fully saturated rings. The summed E-state index contributed by atoms with van der Waals surface area (Å²) in [5.41, 5.74) is 3.29. The quantitative estimate of drug-likeness (QED) is 0.676. The van der Waals surface area contributed by atoms with E-state index >= 15 is 0 Å². The van der Waals surface area contributed by atoms with Gasteiger partial charge in [-0.05, 0) is 29.7 Å². The Morgan fingerprint density at radius 1 is 1.00 bits per heavy atom. The summed E-state index contributed by atoms with van der Waals surface area (Å²) in [6, 6.07) is 15.2. The molecular weight excluding hydrogens is 294 g/mol. The minimum Gasteiger partial charge on any atom is -0.445 e. The van der Waals surface area contributed by atoms with Crippen molar-refractivity contribution in [3.8, 4) is 0 Å². The number of aromatic amines is 2. The molecule has 6 heteroatoms. The Hall–Kier alpha value is -3.02. The highest BCUT2D eigenvalue weighted by Gasteiger charge is 2.03. The van der Waals surface area contributed by atoms with E-state index in [1.54, 1.807) is 0 Å². The van der Waals surface area contributed by atoms with E-state index in [1.165, 1.54) is 0 Å². The summed E-state index contributed by atoms with van der Waals surface area (Å²) < 4.78 is 5.14. The molecular formula is C17H17N3O3. The smallest absolute Gasteiger partial charge is 0.407 e. The third-order valence-corrected chi connectivity index (χ3v) is 3.48. The number of fused-ring (bicyclic) bond motifs is 1. The van der Waals surface area contributed by atoms with Crippen LogP contribution in [-0.2, 0) is 17.8 Å². The average Bonchev–Trinajstić information content (AvgIpc) is 2.93. The summed E-state index contributed by atoms with van der Waals surface area (Å²) in [6.45, 7) is 0.719. The Balaban J connectivity index is 1.46. The molecule has 0 aliphatic rings. The second kappa shape index (κ2) is 6.83. The fourth-order valence-electron chi connectivity index (χ4n) is 2.32. The monoisotopic (exact) mass is 311 g/mol. The zero-order valence-corrected chi connectivity index (χ0v) is 12.5. The normalized spacial score (nSPS) is 10.6. The number of carbonyl (C=O) groups excluding carboxylic acids is 1. The van der Waals surface area contributed by atoms with Gasteiger partial charge in [0.25, 0.3) is 0 Å². The first-order valence-electron chi connectivity index (χ1n) is 7.36. The van der Waals surface area contributed by atoms with Crippen LogP contribution >= 0.6 is 0 Å². The summed E-state index contributed by atoms with van der Waals surface area (Å²) in [5.74, 6) is 0. The first-order valence-corrected chi connectivity index (χ1v) is 7.36. The number of rotatable bonds is 5. The van der Waals surface area contributed by atoms with Crippen LogP contribution in [0.5, 0.6) is 0 Å². The first-order chi connectivity index (χ1) is 11.2. The van der Waals surface area contributed by atoms with E-state index in [-0.39, 0.29) is 12.3 Å². The van der Waals surface area contributed by atoms with Crippen LogP contribution in [0, 0.1) is 0 Å². The molecule has 3 N–H and O–H groups in total. The van der Waals surface area contributed by atoms with E-state index < -0.39 is 6.09 Å². The Bertz CT molecular complexity index is 852. The van der Waals surface area contributed by atoms with Gasteiger partial charge in [-0.15, -0.1) is 0 Å². The number of imidazole rings is 1. The molecule has 0 unspecified atom stereocenters. The zero-order chi connectivity index (χ0) is 16.1. The number of ether oxygens (including phenoxy) is 1. The second-order valence-electron chi connectivity index (χ2n) is 5.20. The van der Waals surface area contributed by atoms with Crippen molar-refractivity contribution in [1.82, 2.24) is 15.3 Å². The van der Waals surface area contributed by atoms with Crippen molar-refractivity contribution in [2.24, 2.45) is 0 Å². The summed E-state index contributed by atoms with van der Waals surface area (Å²) >= 11 is 0. The SMILES string of the molecule is O=C(NCCc1ccc2[nH]c(=O)[nH]c2c1)OCc1ccccc1. The van der Waals surface area contributed by atoms with E-state index in [2.05, 4.69) is 15.3 Å². The molecule has 1 heterocycles. The Morgan fingerprint density at radius 2 is 1.78 bits per heavy atom. The van der Waals surface area contributed by atoms with Crippen LogP contribution in [0.15, 0.2) is 53.3 Å². The molecule has 0 radical (unpaired) electrons. The van der Waals surface area contributed by atoms with Gasteiger partial charge >= 0.3 is 11.8 Å². The molecule has 0 spiro atoms.